The Morgan fingerprint density at radius 1 is 0.426 bits per heavy atom. The van der Waals surface area contributed by atoms with Crippen LogP contribution in [0.4, 0.5) is 0 Å². The zero-order chi connectivity index (χ0) is 44.2. The van der Waals surface area contributed by atoms with Gasteiger partial charge in [-0.3, -0.25) is 0 Å². The Morgan fingerprint density at radius 3 is 1.07 bits per heavy atom. The quantitative estimate of drug-likeness (QED) is 0.149. The number of thiophene rings is 2. The van der Waals surface area contributed by atoms with E-state index in [4.69, 9.17) is 35.5 Å². The first-order valence-electron chi connectivity index (χ1n) is 21.8. The van der Waals surface area contributed by atoms with Crippen LogP contribution in [0.15, 0.2) is 81.2 Å². The average Bonchev–Trinajstić information content (AvgIpc) is 3.84. The standard InChI is InChI=1S/C53H64N4S4/c1-49(2,3)27-31-17-21-39-37(23-31)45(54-56(39)43-35-19-15-33(29-51(7,8)9)25-41(35)60-47(43)58)53(13,14)46-38-24-32(28-50(4,5)6)18-22-40(38)57(55-46)44-36-20-16-34(30-52(10,11)12)26-42(36)61-48(44)59/h15-26,58-59H,27-30H2,1-14H3. The Balaban J connectivity index is 1.37. The van der Waals surface area contributed by atoms with Crippen molar-refractivity contribution in [3.05, 3.63) is 106 Å². The van der Waals surface area contributed by atoms with Gasteiger partial charge < -0.3 is 0 Å². The van der Waals surface area contributed by atoms with Crippen LogP contribution in [0.5, 0.6) is 0 Å². The minimum absolute atomic E-state index is 0.131. The molecule has 0 aliphatic heterocycles. The smallest absolute Gasteiger partial charge is 0.0973 e. The first-order chi connectivity index (χ1) is 28.2. The maximum atomic E-state index is 5.69. The van der Waals surface area contributed by atoms with E-state index in [1.54, 1.807) is 22.7 Å². The molecule has 0 atom stereocenters. The predicted molar refractivity (Wildman–Crippen MR) is 272 cm³/mol. The highest BCUT2D eigenvalue weighted by Gasteiger charge is 2.36. The van der Waals surface area contributed by atoms with Crippen LogP contribution in [0.1, 0.15) is 131 Å². The molecule has 0 aliphatic rings. The third-order valence-electron chi connectivity index (χ3n) is 11.5. The summed E-state index contributed by atoms with van der Waals surface area (Å²) < 4.78 is 8.76. The molecule has 8 heteroatoms. The Kier molecular flexibility index (Phi) is 11.1. The fraction of sp³-hybridized carbons (Fsp3) is 0.434. The maximum Gasteiger partial charge on any atom is 0.0973 e. The highest BCUT2D eigenvalue weighted by Crippen LogP contribution is 2.46. The summed E-state index contributed by atoms with van der Waals surface area (Å²) in [7, 11) is 0. The van der Waals surface area contributed by atoms with Crippen LogP contribution in [-0.4, -0.2) is 19.6 Å². The van der Waals surface area contributed by atoms with E-state index in [1.807, 2.05) is 0 Å². The Labute approximate surface area is 383 Å². The molecule has 0 amide bonds. The van der Waals surface area contributed by atoms with Gasteiger partial charge in [0.15, 0.2) is 0 Å². The van der Waals surface area contributed by atoms with Crippen LogP contribution >= 0.6 is 47.9 Å². The molecule has 0 N–H and O–H groups in total. The van der Waals surface area contributed by atoms with Crippen molar-refractivity contribution in [2.24, 2.45) is 21.7 Å². The molecule has 0 spiro atoms. The van der Waals surface area contributed by atoms with E-state index >= 15 is 0 Å². The van der Waals surface area contributed by atoms with Crippen LogP contribution < -0.4 is 0 Å². The fourth-order valence-corrected chi connectivity index (χ4v) is 12.2. The van der Waals surface area contributed by atoms with Crippen molar-refractivity contribution in [1.82, 2.24) is 19.6 Å². The SMILES string of the molecule is CC(C)(C)Cc1ccc2c(-n3nc(C(C)(C)c4nn(-c5c(S)sc6cc(CC(C)(C)C)ccc56)c5ccc(CC(C)(C)C)cc45)c4cc(CC(C)(C)C)ccc43)c(S)sc2c1. The molecule has 0 radical (unpaired) electrons. The molecule has 4 nitrogen and oxygen atoms in total. The first kappa shape index (κ1) is 44.1. The van der Waals surface area contributed by atoms with Crippen molar-refractivity contribution in [3.8, 4) is 11.4 Å². The van der Waals surface area contributed by atoms with Crippen molar-refractivity contribution >= 4 is 89.9 Å². The lowest BCUT2D eigenvalue weighted by atomic mass is 9.81. The molecule has 4 heterocycles. The second-order valence-electron chi connectivity index (χ2n) is 23.0. The van der Waals surface area contributed by atoms with Crippen LogP contribution in [0.2, 0.25) is 0 Å². The van der Waals surface area contributed by atoms with Gasteiger partial charge in [-0.15, -0.1) is 47.9 Å². The molecule has 0 saturated heterocycles. The molecular weight excluding hydrogens is 821 g/mol. The molecule has 0 fully saturated rings. The van der Waals surface area contributed by atoms with Crippen molar-refractivity contribution in [3.63, 3.8) is 0 Å². The van der Waals surface area contributed by atoms with E-state index in [0.717, 1.165) is 78.7 Å². The van der Waals surface area contributed by atoms with Crippen molar-refractivity contribution in [2.75, 3.05) is 0 Å². The number of rotatable bonds is 8. The van der Waals surface area contributed by atoms with Crippen LogP contribution in [0.3, 0.4) is 0 Å². The summed E-state index contributed by atoms with van der Waals surface area (Å²) in [6.45, 7) is 32.3. The highest BCUT2D eigenvalue weighted by molar-refractivity contribution is 7.83. The Bertz CT molecular complexity index is 2760. The predicted octanol–water partition coefficient (Wildman–Crippen LogP) is 16.1. The summed E-state index contributed by atoms with van der Waals surface area (Å²) in [6, 6.07) is 27.8. The van der Waals surface area contributed by atoms with Gasteiger partial charge in [0.05, 0.1) is 47.6 Å². The summed E-state index contributed by atoms with van der Waals surface area (Å²) >= 11 is 13.8. The maximum absolute atomic E-state index is 5.69. The largest absolute Gasteiger partial charge is 0.230 e. The van der Waals surface area contributed by atoms with E-state index in [0.29, 0.717) is 0 Å². The summed E-state index contributed by atoms with van der Waals surface area (Å²) in [5, 5.41) is 16.0. The van der Waals surface area contributed by atoms with E-state index in [1.165, 1.54) is 42.4 Å². The molecule has 0 saturated carbocycles. The highest BCUT2D eigenvalue weighted by atomic mass is 32.2. The summed E-state index contributed by atoms with van der Waals surface area (Å²) in [5.41, 5.74) is 11.6. The molecule has 0 unspecified atom stereocenters. The Morgan fingerprint density at radius 2 is 0.738 bits per heavy atom. The van der Waals surface area contributed by atoms with E-state index < -0.39 is 5.41 Å². The number of hydrogen-bond acceptors (Lipinski definition) is 6. The van der Waals surface area contributed by atoms with Gasteiger partial charge in [-0.25, -0.2) is 9.36 Å². The zero-order valence-corrected chi connectivity index (χ0v) is 42.2. The third-order valence-corrected chi connectivity index (χ3v) is 14.3. The number of benzene rings is 4. The average molecular weight is 885 g/mol. The topological polar surface area (TPSA) is 35.6 Å². The Hall–Kier alpha value is -3.56. The lowest BCUT2D eigenvalue weighted by molar-refractivity contribution is 0.411. The minimum Gasteiger partial charge on any atom is -0.230 e. The van der Waals surface area contributed by atoms with E-state index in [-0.39, 0.29) is 21.7 Å². The molecular formula is C53H64N4S4. The molecule has 4 aromatic heterocycles. The van der Waals surface area contributed by atoms with Gasteiger partial charge in [-0.05, 0) is 120 Å². The summed E-state index contributed by atoms with van der Waals surface area (Å²) in [6.07, 6.45) is 3.96. The second-order valence-corrected chi connectivity index (χ2v) is 26.6. The minimum atomic E-state index is -0.599. The fourth-order valence-electron chi connectivity index (χ4n) is 9.23. The number of aromatic nitrogens is 4. The number of hydrogen-bond donors (Lipinski definition) is 2. The molecule has 0 bridgehead atoms. The van der Waals surface area contributed by atoms with E-state index in [2.05, 4.69) is 179 Å². The van der Waals surface area contributed by atoms with Gasteiger partial charge in [-0.2, -0.15) is 10.2 Å². The number of fused-ring (bicyclic) bond motifs is 4. The summed E-state index contributed by atoms with van der Waals surface area (Å²) in [5.74, 6) is 0. The zero-order valence-electron chi connectivity index (χ0n) is 38.8. The van der Waals surface area contributed by atoms with Gasteiger partial charge >= 0.3 is 0 Å². The van der Waals surface area contributed by atoms with Crippen molar-refractivity contribution in [1.29, 1.82) is 0 Å². The first-order valence-corrected chi connectivity index (χ1v) is 24.3. The van der Waals surface area contributed by atoms with Gasteiger partial charge in [0.1, 0.15) is 0 Å². The van der Waals surface area contributed by atoms with Gasteiger partial charge in [0, 0.05) is 30.9 Å². The van der Waals surface area contributed by atoms with Gasteiger partial charge in [0.2, 0.25) is 0 Å². The van der Waals surface area contributed by atoms with Crippen LogP contribution in [0.25, 0.3) is 53.4 Å². The van der Waals surface area contributed by atoms with E-state index in [9.17, 15) is 0 Å². The molecule has 61 heavy (non-hydrogen) atoms. The van der Waals surface area contributed by atoms with Crippen molar-refractivity contribution < 1.29 is 0 Å². The molecule has 8 aromatic rings. The molecule has 320 valence electrons. The molecule has 8 rings (SSSR count). The lowest BCUT2D eigenvalue weighted by Gasteiger charge is -2.22. The van der Waals surface area contributed by atoms with Gasteiger partial charge in [0.25, 0.3) is 0 Å². The van der Waals surface area contributed by atoms with Gasteiger partial charge in [-0.1, -0.05) is 119 Å². The van der Waals surface area contributed by atoms with Crippen LogP contribution in [-0.2, 0) is 31.1 Å². The van der Waals surface area contributed by atoms with Crippen molar-refractivity contribution in [2.45, 2.75) is 136 Å². The monoisotopic (exact) mass is 884 g/mol. The molecule has 0 aliphatic carbocycles. The normalized spacial score (nSPS) is 13.5. The number of nitrogens with zero attached hydrogens (tertiary/aromatic N) is 4. The second kappa shape index (κ2) is 15.3. The lowest BCUT2D eigenvalue weighted by Crippen LogP contribution is -2.22. The molecule has 4 aromatic carbocycles. The third kappa shape index (κ3) is 8.99. The summed E-state index contributed by atoms with van der Waals surface area (Å²) in [4.78, 5) is 0. The van der Waals surface area contributed by atoms with Crippen LogP contribution in [0, 0.1) is 21.7 Å². The number of thiol groups is 2.